The van der Waals surface area contributed by atoms with Crippen LogP contribution in [-0.4, -0.2) is 48.2 Å². The van der Waals surface area contributed by atoms with Gasteiger partial charge in [-0.1, -0.05) is 18.5 Å². The van der Waals surface area contributed by atoms with Crippen molar-refractivity contribution in [2.75, 3.05) is 18.1 Å². The molecule has 0 aliphatic carbocycles. The Balaban J connectivity index is 2.30. The Kier molecular flexibility index (Phi) is 5.26. The summed E-state index contributed by atoms with van der Waals surface area (Å²) in [5.74, 6) is -0.378. The molecule has 0 saturated carbocycles. The van der Waals surface area contributed by atoms with Crippen LogP contribution in [0.5, 0.6) is 0 Å². The van der Waals surface area contributed by atoms with Crippen LogP contribution in [0.4, 0.5) is 5.69 Å². The van der Waals surface area contributed by atoms with Gasteiger partial charge in [0.05, 0.1) is 27.0 Å². The highest BCUT2D eigenvalue weighted by Crippen LogP contribution is 2.26. The molecule has 1 atom stereocenters. The van der Waals surface area contributed by atoms with Crippen molar-refractivity contribution in [3.63, 3.8) is 0 Å². The number of nitro groups is 1. The van der Waals surface area contributed by atoms with Crippen molar-refractivity contribution in [2.24, 2.45) is 0 Å². The monoisotopic (exact) mass is 360 g/mol. The van der Waals surface area contributed by atoms with Crippen LogP contribution >= 0.6 is 11.6 Å². The van der Waals surface area contributed by atoms with Gasteiger partial charge in [-0.3, -0.25) is 14.9 Å². The van der Waals surface area contributed by atoms with E-state index in [9.17, 15) is 23.3 Å². The normalized spacial score (nSPS) is 19.5. The summed E-state index contributed by atoms with van der Waals surface area (Å²) in [4.78, 5) is 24.4. The summed E-state index contributed by atoms with van der Waals surface area (Å²) < 4.78 is 23.3. The molecule has 0 spiro atoms. The molecular weight excluding hydrogens is 344 g/mol. The first-order valence-electron chi connectivity index (χ1n) is 7.20. The number of benzene rings is 1. The van der Waals surface area contributed by atoms with Gasteiger partial charge in [0.15, 0.2) is 9.84 Å². The summed E-state index contributed by atoms with van der Waals surface area (Å²) in [6.07, 6.45) is 1.07. The summed E-state index contributed by atoms with van der Waals surface area (Å²) in [7, 11) is -3.12. The fourth-order valence-corrected chi connectivity index (χ4v) is 4.64. The summed E-state index contributed by atoms with van der Waals surface area (Å²) in [6, 6.07) is 3.28. The average Bonchev–Trinajstić information content (AvgIpc) is 2.83. The Bertz CT molecular complexity index is 735. The molecule has 1 saturated heterocycles. The molecular formula is C14H17ClN2O5S. The van der Waals surface area contributed by atoms with Gasteiger partial charge in [-0.15, -0.1) is 0 Å². The molecule has 1 aromatic carbocycles. The lowest BCUT2D eigenvalue weighted by atomic mass is 10.1. The van der Waals surface area contributed by atoms with Crippen LogP contribution in [-0.2, 0) is 9.84 Å². The van der Waals surface area contributed by atoms with Gasteiger partial charge in [-0.2, -0.15) is 0 Å². The van der Waals surface area contributed by atoms with Gasteiger partial charge in [-0.05, 0) is 18.9 Å². The second-order valence-corrected chi connectivity index (χ2v) is 8.11. The SMILES string of the molecule is CCCN(C(=O)c1ccc([N+](=O)[O-])cc1Cl)[C@@H]1CCS(=O)(=O)C1. The molecule has 2 rings (SSSR count). The molecule has 126 valence electrons. The van der Waals surface area contributed by atoms with Crippen molar-refractivity contribution in [1.82, 2.24) is 4.90 Å². The molecule has 0 aromatic heterocycles. The van der Waals surface area contributed by atoms with Crippen LogP contribution in [0.2, 0.25) is 5.02 Å². The molecule has 0 bridgehead atoms. The molecule has 1 aliphatic heterocycles. The van der Waals surface area contributed by atoms with E-state index in [0.29, 0.717) is 19.4 Å². The van der Waals surface area contributed by atoms with Crippen LogP contribution < -0.4 is 0 Å². The first-order chi connectivity index (χ1) is 10.7. The zero-order chi connectivity index (χ0) is 17.2. The number of non-ortho nitro benzene ring substituents is 1. The van der Waals surface area contributed by atoms with E-state index in [2.05, 4.69) is 0 Å². The van der Waals surface area contributed by atoms with Crippen molar-refractivity contribution >= 4 is 33.0 Å². The van der Waals surface area contributed by atoms with Gasteiger partial charge in [0.25, 0.3) is 11.6 Å². The number of rotatable bonds is 5. The number of sulfone groups is 1. The summed E-state index contributed by atoms with van der Waals surface area (Å²) in [5, 5.41) is 10.7. The highest BCUT2D eigenvalue weighted by atomic mass is 35.5. The third-order valence-corrected chi connectivity index (χ3v) is 5.83. The predicted molar refractivity (Wildman–Crippen MR) is 86.5 cm³/mol. The molecule has 0 unspecified atom stereocenters. The quantitative estimate of drug-likeness (QED) is 0.592. The second-order valence-electron chi connectivity index (χ2n) is 5.48. The van der Waals surface area contributed by atoms with Gasteiger partial charge in [-0.25, -0.2) is 8.42 Å². The van der Waals surface area contributed by atoms with Gasteiger partial charge >= 0.3 is 0 Å². The standard InChI is InChI=1S/C14H17ClN2O5S/c1-2-6-16(11-5-7-23(21,22)9-11)14(18)12-4-3-10(17(19)20)8-13(12)15/h3-4,8,11H,2,5-7,9H2,1H3/t11-/m1/s1. The maximum absolute atomic E-state index is 12.7. The second kappa shape index (κ2) is 6.84. The lowest BCUT2D eigenvalue weighted by Gasteiger charge is -2.28. The minimum absolute atomic E-state index is 0.00819. The number of carbonyl (C=O) groups is 1. The third kappa shape index (κ3) is 4.00. The van der Waals surface area contributed by atoms with Gasteiger partial charge in [0.2, 0.25) is 0 Å². The predicted octanol–water partition coefficient (Wildman–Crippen LogP) is 2.29. The summed E-state index contributed by atoms with van der Waals surface area (Å²) in [6.45, 7) is 2.30. The summed E-state index contributed by atoms with van der Waals surface area (Å²) >= 11 is 6.01. The van der Waals surface area contributed by atoms with Gasteiger partial charge in [0, 0.05) is 24.7 Å². The van der Waals surface area contributed by atoms with Crippen molar-refractivity contribution in [2.45, 2.75) is 25.8 Å². The van der Waals surface area contributed by atoms with E-state index < -0.39 is 20.7 Å². The fraction of sp³-hybridized carbons (Fsp3) is 0.500. The van der Waals surface area contributed by atoms with E-state index in [1.807, 2.05) is 6.92 Å². The molecule has 0 radical (unpaired) electrons. The topological polar surface area (TPSA) is 97.6 Å². The molecule has 1 aromatic rings. The Morgan fingerprint density at radius 3 is 2.65 bits per heavy atom. The zero-order valence-corrected chi connectivity index (χ0v) is 14.1. The number of hydrogen-bond donors (Lipinski definition) is 0. The molecule has 1 aliphatic rings. The Morgan fingerprint density at radius 2 is 2.17 bits per heavy atom. The van der Waals surface area contributed by atoms with Crippen LogP contribution in [0, 0.1) is 10.1 Å². The Hall–Kier alpha value is -1.67. The maximum atomic E-state index is 12.7. The minimum Gasteiger partial charge on any atom is -0.335 e. The average molecular weight is 361 g/mol. The van der Waals surface area contributed by atoms with Crippen LogP contribution in [0.15, 0.2) is 18.2 Å². The number of hydrogen-bond acceptors (Lipinski definition) is 5. The number of carbonyl (C=O) groups excluding carboxylic acids is 1. The number of halogens is 1. The largest absolute Gasteiger partial charge is 0.335 e. The molecule has 0 N–H and O–H groups in total. The molecule has 1 fully saturated rings. The maximum Gasteiger partial charge on any atom is 0.270 e. The van der Waals surface area contributed by atoms with E-state index >= 15 is 0 Å². The smallest absolute Gasteiger partial charge is 0.270 e. The highest BCUT2D eigenvalue weighted by molar-refractivity contribution is 7.91. The number of amides is 1. The fourth-order valence-electron chi connectivity index (χ4n) is 2.66. The summed E-state index contributed by atoms with van der Waals surface area (Å²) in [5.41, 5.74) is -0.0490. The first kappa shape index (κ1) is 17.7. The van der Waals surface area contributed by atoms with E-state index in [-0.39, 0.29) is 33.8 Å². The molecule has 23 heavy (non-hydrogen) atoms. The third-order valence-electron chi connectivity index (χ3n) is 3.77. The first-order valence-corrected chi connectivity index (χ1v) is 9.40. The zero-order valence-electron chi connectivity index (χ0n) is 12.6. The van der Waals surface area contributed by atoms with Crippen molar-refractivity contribution < 1.29 is 18.1 Å². The molecule has 1 amide bonds. The lowest BCUT2D eigenvalue weighted by molar-refractivity contribution is -0.384. The lowest BCUT2D eigenvalue weighted by Crippen LogP contribution is -2.41. The minimum atomic E-state index is -3.12. The molecule has 1 heterocycles. The van der Waals surface area contributed by atoms with Crippen LogP contribution in [0.1, 0.15) is 30.1 Å². The molecule has 7 nitrogen and oxygen atoms in total. The van der Waals surface area contributed by atoms with Gasteiger partial charge < -0.3 is 4.90 Å². The molecule has 9 heteroatoms. The van der Waals surface area contributed by atoms with Gasteiger partial charge in [0.1, 0.15) is 0 Å². The Morgan fingerprint density at radius 1 is 1.48 bits per heavy atom. The van der Waals surface area contributed by atoms with Crippen molar-refractivity contribution in [3.05, 3.63) is 38.9 Å². The van der Waals surface area contributed by atoms with E-state index in [1.54, 1.807) is 0 Å². The van der Waals surface area contributed by atoms with E-state index in [4.69, 9.17) is 11.6 Å². The highest BCUT2D eigenvalue weighted by Gasteiger charge is 2.35. The van der Waals surface area contributed by atoms with Crippen molar-refractivity contribution in [3.8, 4) is 0 Å². The van der Waals surface area contributed by atoms with Crippen LogP contribution in [0.3, 0.4) is 0 Å². The number of nitrogens with zero attached hydrogens (tertiary/aromatic N) is 2. The van der Waals surface area contributed by atoms with Crippen molar-refractivity contribution in [1.29, 1.82) is 0 Å². The number of nitro benzene ring substituents is 1. The van der Waals surface area contributed by atoms with E-state index in [1.165, 1.54) is 17.0 Å². The Labute approximate surface area is 139 Å². The van der Waals surface area contributed by atoms with E-state index in [0.717, 1.165) is 6.07 Å². The van der Waals surface area contributed by atoms with Crippen LogP contribution in [0.25, 0.3) is 0 Å².